The van der Waals surface area contributed by atoms with Crippen LogP contribution >= 0.6 is 0 Å². The van der Waals surface area contributed by atoms with E-state index in [-0.39, 0.29) is 12.5 Å². The molecule has 0 radical (unpaired) electrons. The van der Waals surface area contributed by atoms with Crippen LogP contribution in [0, 0.1) is 0 Å². The summed E-state index contributed by atoms with van der Waals surface area (Å²) in [6.45, 7) is 2.01. The maximum atomic E-state index is 10.7. The van der Waals surface area contributed by atoms with Gasteiger partial charge in [0.15, 0.2) is 0 Å². The first kappa shape index (κ1) is 18.9. The molecule has 27 heavy (non-hydrogen) atoms. The molecular formula is C22H25N3O2. The Bertz CT molecular complexity index is 910. The van der Waals surface area contributed by atoms with Crippen LogP contribution < -0.4 is 5.73 Å². The second kappa shape index (κ2) is 8.18. The second-order valence-electron chi connectivity index (χ2n) is 7.03. The lowest BCUT2D eigenvalue weighted by Gasteiger charge is -2.05. The molecule has 0 bridgehead atoms. The summed E-state index contributed by atoms with van der Waals surface area (Å²) < 4.78 is 2.01. The topological polar surface area (TPSA) is 81.1 Å². The Kier molecular flexibility index (Phi) is 5.72. The third-order valence-electron chi connectivity index (χ3n) is 4.52. The lowest BCUT2D eigenvalue weighted by Crippen LogP contribution is -2.17. The first-order valence-corrected chi connectivity index (χ1v) is 9.11. The number of carboxylic acids is 1. The number of rotatable bonds is 7. The van der Waals surface area contributed by atoms with Crippen LogP contribution in [-0.4, -0.2) is 26.7 Å². The summed E-state index contributed by atoms with van der Waals surface area (Å²) in [5.41, 5.74) is 11.1. The molecule has 3 aromatic rings. The molecule has 0 aliphatic carbocycles. The van der Waals surface area contributed by atoms with Gasteiger partial charge in [-0.1, -0.05) is 48.5 Å². The molecule has 3 N–H and O–H groups in total. The van der Waals surface area contributed by atoms with Crippen LogP contribution in [0.5, 0.6) is 0 Å². The van der Waals surface area contributed by atoms with E-state index in [0.717, 1.165) is 34.6 Å². The molecule has 0 spiro atoms. The van der Waals surface area contributed by atoms with Gasteiger partial charge < -0.3 is 15.4 Å². The molecule has 0 amide bonds. The third-order valence-corrected chi connectivity index (χ3v) is 4.52. The number of nitrogens with two attached hydrogens (primary N) is 1. The van der Waals surface area contributed by atoms with Gasteiger partial charge in [0.1, 0.15) is 5.82 Å². The number of aromatic nitrogens is 2. The van der Waals surface area contributed by atoms with E-state index in [1.165, 1.54) is 5.56 Å². The van der Waals surface area contributed by atoms with E-state index in [1.807, 2.05) is 49.0 Å². The zero-order valence-electron chi connectivity index (χ0n) is 15.7. The normalized spacial score (nSPS) is 12.1. The van der Waals surface area contributed by atoms with Gasteiger partial charge in [0.05, 0.1) is 5.69 Å². The average molecular weight is 363 g/mol. The number of hydrogen-bond donors (Lipinski definition) is 2. The molecule has 0 fully saturated rings. The predicted molar refractivity (Wildman–Crippen MR) is 107 cm³/mol. The summed E-state index contributed by atoms with van der Waals surface area (Å²) in [7, 11) is 1.98. The average Bonchev–Trinajstić information content (AvgIpc) is 3.02. The van der Waals surface area contributed by atoms with Gasteiger partial charge in [-0.25, -0.2) is 4.98 Å². The molecule has 5 nitrogen and oxygen atoms in total. The highest BCUT2D eigenvalue weighted by Gasteiger charge is 2.10. The van der Waals surface area contributed by atoms with Crippen LogP contribution in [0.15, 0.2) is 54.7 Å². The molecule has 2 aromatic carbocycles. The van der Waals surface area contributed by atoms with Crippen molar-refractivity contribution in [3.63, 3.8) is 0 Å². The van der Waals surface area contributed by atoms with Crippen molar-refractivity contribution in [1.82, 2.24) is 9.55 Å². The van der Waals surface area contributed by atoms with Gasteiger partial charge >= 0.3 is 5.97 Å². The SMILES string of the molecule is CC(N)Cc1ccc(-c2cn(C)c(-c3ccc(CCC(=O)O)cc3)n2)cc1. The highest BCUT2D eigenvalue weighted by Crippen LogP contribution is 2.25. The van der Waals surface area contributed by atoms with Crippen molar-refractivity contribution in [2.45, 2.75) is 32.2 Å². The van der Waals surface area contributed by atoms with E-state index < -0.39 is 5.97 Å². The number of nitrogens with zero attached hydrogens (tertiary/aromatic N) is 2. The minimum atomic E-state index is -0.778. The van der Waals surface area contributed by atoms with Gasteiger partial charge in [0.25, 0.3) is 0 Å². The van der Waals surface area contributed by atoms with Gasteiger partial charge in [-0.3, -0.25) is 4.79 Å². The molecule has 0 saturated carbocycles. The van der Waals surface area contributed by atoms with Crippen LogP contribution in [0.3, 0.4) is 0 Å². The van der Waals surface area contributed by atoms with Gasteiger partial charge in [0.2, 0.25) is 0 Å². The van der Waals surface area contributed by atoms with Crippen LogP contribution in [-0.2, 0) is 24.7 Å². The standard InChI is InChI=1S/C22H25N3O2/c1-15(23)13-17-5-8-18(9-6-17)20-14-25(2)22(24-20)19-10-3-16(4-11-19)7-12-21(26)27/h3-6,8-11,14-15H,7,12-13,23H2,1-2H3,(H,26,27). The van der Waals surface area contributed by atoms with Gasteiger partial charge in [-0.2, -0.15) is 0 Å². The lowest BCUT2D eigenvalue weighted by atomic mass is 10.0. The van der Waals surface area contributed by atoms with Crippen molar-refractivity contribution in [3.8, 4) is 22.6 Å². The highest BCUT2D eigenvalue weighted by molar-refractivity contribution is 5.67. The zero-order chi connectivity index (χ0) is 19.4. The largest absolute Gasteiger partial charge is 0.481 e. The molecule has 3 rings (SSSR count). The Morgan fingerprint density at radius 2 is 1.67 bits per heavy atom. The number of carboxylic acid groups (broad SMARTS) is 1. The van der Waals surface area contributed by atoms with Crippen molar-refractivity contribution < 1.29 is 9.90 Å². The zero-order valence-corrected chi connectivity index (χ0v) is 15.7. The van der Waals surface area contributed by atoms with Crippen molar-refractivity contribution in [2.24, 2.45) is 12.8 Å². The van der Waals surface area contributed by atoms with Crippen molar-refractivity contribution in [1.29, 1.82) is 0 Å². The molecule has 5 heteroatoms. The molecule has 140 valence electrons. The Morgan fingerprint density at radius 3 is 2.26 bits per heavy atom. The quantitative estimate of drug-likeness (QED) is 0.671. The first-order valence-electron chi connectivity index (χ1n) is 9.11. The maximum Gasteiger partial charge on any atom is 0.303 e. The van der Waals surface area contributed by atoms with E-state index >= 15 is 0 Å². The maximum absolute atomic E-state index is 10.7. The molecule has 0 saturated heterocycles. The van der Waals surface area contributed by atoms with Crippen LogP contribution in [0.25, 0.3) is 22.6 Å². The second-order valence-corrected chi connectivity index (χ2v) is 7.03. The van der Waals surface area contributed by atoms with E-state index in [1.54, 1.807) is 0 Å². The predicted octanol–water partition coefficient (Wildman–Crippen LogP) is 3.66. The Balaban J connectivity index is 1.79. The summed E-state index contributed by atoms with van der Waals surface area (Å²) in [6.07, 6.45) is 3.57. The molecular weight excluding hydrogens is 338 g/mol. The fraction of sp³-hybridized carbons (Fsp3) is 0.273. The molecule has 0 aliphatic rings. The smallest absolute Gasteiger partial charge is 0.303 e. The molecule has 1 aromatic heterocycles. The van der Waals surface area contributed by atoms with Gasteiger partial charge in [0, 0.05) is 36.8 Å². The van der Waals surface area contributed by atoms with Crippen molar-refractivity contribution >= 4 is 5.97 Å². The number of benzene rings is 2. The fourth-order valence-corrected chi connectivity index (χ4v) is 3.13. The minimum absolute atomic E-state index is 0.144. The summed E-state index contributed by atoms with van der Waals surface area (Å²) in [6, 6.07) is 16.4. The third kappa shape index (κ3) is 4.83. The van der Waals surface area contributed by atoms with E-state index in [0.29, 0.717) is 6.42 Å². The number of aryl methyl sites for hydroxylation is 2. The number of aliphatic carboxylic acids is 1. The summed E-state index contributed by atoms with van der Waals surface area (Å²) in [5.74, 6) is 0.106. The monoisotopic (exact) mass is 363 g/mol. The molecule has 1 heterocycles. The Morgan fingerprint density at radius 1 is 1.07 bits per heavy atom. The first-order chi connectivity index (χ1) is 12.9. The van der Waals surface area contributed by atoms with Crippen molar-refractivity contribution in [3.05, 3.63) is 65.9 Å². The molecule has 1 atom stereocenters. The summed E-state index contributed by atoms with van der Waals surface area (Å²) in [5, 5.41) is 8.80. The number of hydrogen-bond acceptors (Lipinski definition) is 3. The summed E-state index contributed by atoms with van der Waals surface area (Å²) >= 11 is 0. The van der Waals surface area contributed by atoms with Crippen LogP contribution in [0.4, 0.5) is 0 Å². The number of imidazole rings is 1. The van der Waals surface area contributed by atoms with E-state index in [9.17, 15) is 4.79 Å². The molecule has 1 unspecified atom stereocenters. The van der Waals surface area contributed by atoms with E-state index in [4.69, 9.17) is 15.8 Å². The van der Waals surface area contributed by atoms with Gasteiger partial charge in [-0.05, 0) is 30.9 Å². The molecule has 0 aliphatic heterocycles. The van der Waals surface area contributed by atoms with Crippen LogP contribution in [0.2, 0.25) is 0 Å². The fourth-order valence-electron chi connectivity index (χ4n) is 3.13. The summed E-state index contributed by atoms with van der Waals surface area (Å²) in [4.78, 5) is 15.5. The van der Waals surface area contributed by atoms with E-state index in [2.05, 4.69) is 24.3 Å². The van der Waals surface area contributed by atoms with Crippen LogP contribution in [0.1, 0.15) is 24.5 Å². The van der Waals surface area contributed by atoms with Crippen molar-refractivity contribution in [2.75, 3.05) is 0 Å². The number of carbonyl (C=O) groups is 1. The Hall–Kier alpha value is -2.92. The Labute approximate surface area is 159 Å². The minimum Gasteiger partial charge on any atom is -0.481 e. The lowest BCUT2D eigenvalue weighted by molar-refractivity contribution is -0.136. The van der Waals surface area contributed by atoms with Gasteiger partial charge in [-0.15, -0.1) is 0 Å². The highest BCUT2D eigenvalue weighted by atomic mass is 16.4.